The minimum atomic E-state index is -4.87. The molecule has 0 aromatic heterocycles. The van der Waals surface area contributed by atoms with E-state index in [1.165, 1.54) is 0 Å². The summed E-state index contributed by atoms with van der Waals surface area (Å²) in [6.07, 6.45) is -7.72. The molecule has 0 spiro atoms. The fourth-order valence-electron chi connectivity index (χ4n) is 3.83. The lowest BCUT2D eigenvalue weighted by Gasteiger charge is -2.22. The van der Waals surface area contributed by atoms with Gasteiger partial charge in [0.1, 0.15) is 18.7 Å². The number of fused-ring (bicyclic) bond motifs is 3. The molecule has 1 aliphatic carbocycles. The molecule has 2 amide bonds. The molecule has 0 saturated heterocycles. The lowest BCUT2D eigenvalue weighted by atomic mass is 9.98. The number of carboxylic acids is 1. The molecular weight excluding hydrogens is 457 g/mol. The number of hydrogen-bond donors (Lipinski definition) is 4. The minimum absolute atomic E-state index is 0.179. The molecule has 2 aromatic rings. The van der Waals surface area contributed by atoms with Crippen molar-refractivity contribution in [1.29, 1.82) is 0 Å². The third-order valence-corrected chi connectivity index (χ3v) is 5.51. The highest BCUT2D eigenvalue weighted by molar-refractivity contribution is 5.83. The van der Waals surface area contributed by atoms with Crippen LogP contribution in [0.1, 0.15) is 29.9 Å². The molecule has 11 heteroatoms. The predicted octanol–water partition coefficient (Wildman–Crippen LogP) is 2.80. The van der Waals surface area contributed by atoms with Crippen LogP contribution in [-0.2, 0) is 14.3 Å². The molecule has 1 aliphatic rings. The molecule has 0 fully saturated rings. The number of carboxylic acid groups (broad SMARTS) is 1. The second kappa shape index (κ2) is 10.6. The van der Waals surface area contributed by atoms with Gasteiger partial charge in [-0.25, -0.2) is 9.59 Å². The summed E-state index contributed by atoms with van der Waals surface area (Å²) < 4.78 is 45.3. The Balaban J connectivity index is 1.60. The first-order chi connectivity index (χ1) is 16.1. The van der Waals surface area contributed by atoms with Crippen molar-refractivity contribution in [2.75, 3.05) is 13.2 Å². The molecule has 2 aromatic carbocycles. The van der Waals surface area contributed by atoms with E-state index in [0.29, 0.717) is 0 Å². The lowest BCUT2D eigenvalue weighted by molar-refractivity contribution is -0.157. The highest BCUT2D eigenvalue weighted by Gasteiger charge is 2.41. The maximum absolute atomic E-state index is 13.4. The monoisotopic (exact) mass is 480 g/mol. The molecule has 1 unspecified atom stereocenters. The second-order valence-electron chi connectivity index (χ2n) is 7.74. The summed E-state index contributed by atoms with van der Waals surface area (Å²) in [5.41, 5.74) is 3.73. The number of rotatable bonds is 9. The van der Waals surface area contributed by atoms with Crippen molar-refractivity contribution in [1.82, 2.24) is 10.6 Å². The fraction of sp³-hybridized carbons (Fsp3) is 0.348. The third kappa shape index (κ3) is 5.84. The van der Waals surface area contributed by atoms with E-state index in [4.69, 9.17) is 14.9 Å². The van der Waals surface area contributed by atoms with Crippen molar-refractivity contribution in [2.24, 2.45) is 0 Å². The molecule has 0 bridgehead atoms. The van der Waals surface area contributed by atoms with Crippen LogP contribution in [0.2, 0.25) is 0 Å². The minimum Gasteiger partial charge on any atom is -0.480 e. The Kier molecular flexibility index (Phi) is 7.77. The van der Waals surface area contributed by atoms with Gasteiger partial charge in [0, 0.05) is 12.3 Å². The molecule has 3 rings (SSSR count). The zero-order valence-corrected chi connectivity index (χ0v) is 17.8. The highest BCUT2D eigenvalue weighted by atomic mass is 19.4. The van der Waals surface area contributed by atoms with Crippen LogP contribution in [0.15, 0.2) is 48.5 Å². The molecule has 34 heavy (non-hydrogen) atoms. The average Bonchev–Trinajstić information content (AvgIpc) is 3.11. The van der Waals surface area contributed by atoms with Gasteiger partial charge in [-0.1, -0.05) is 48.5 Å². The van der Waals surface area contributed by atoms with Crippen molar-refractivity contribution in [2.45, 2.75) is 37.0 Å². The van der Waals surface area contributed by atoms with Crippen LogP contribution in [0.3, 0.4) is 0 Å². The number of benzene rings is 2. The molecule has 4 N–H and O–H groups in total. The number of nitrogens with one attached hydrogen (secondary N) is 2. The van der Waals surface area contributed by atoms with Gasteiger partial charge in [-0.3, -0.25) is 4.79 Å². The van der Waals surface area contributed by atoms with Crippen molar-refractivity contribution < 1.29 is 42.5 Å². The highest BCUT2D eigenvalue weighted by Crippen LogP contribution is 2.44. The summed E-state index contributed by atoms with van der Waals surface area (Å²) in [7, 11) is 0. The van der Waals surface area contributed by atoms with E-state index < -0.39 is 55.7 Å². The van der Waals surface area contributed by atoms with E-state index in [9.17, 15) is 27.6 Å². The number of amides is 2. The Hall–Kier alpha value is -3.60. The normalized spacial score (nSPS) is 14.5. The van der Waals surface area contributed by atoms with Gasteiger partial charge >= 0.3 is 18.2 Å². The van der Waals surface area contributed by atoms with E-state index >= 15 is 0 Å². The molecule has 182 valence electrons. The van der Waals surface area contributed by atoms with Crippen LogP contribution < -0.4 is 10.6 Å². The average molecular weight is 480 g/mol. The number of alkyl halides is 3. The van der Waals surface area contributed by atoms with E-state index in [0.717, 1.165) is 22.3 Å². The molecule has 2 atom stereocenters. The van der Waals surface area contributed by atoms with Gasteiger partial charge in [0.15, 0.2) is 0 Å². The van der Waals surface area contributed by atoms with Crippen LogP contribution in [0.5, 0.6) is 0 Å². The van der Waals surface area contributed by atoms with Gasteiger partial charge < -0.3 is 25.6 Å². The number of aliphatic hydroxyl groups excluding tert-OH is 1. The zero-order valence-electron chi connectivity index (χ0n) is 17.8. The number of aliphatic carboxylic acids is 1. The summed E-state index contributed by atoms with van der Waals surface area (Å²) in [6, 6.07) is 11.0. The topological polar surface area (TPSA) is 125 Å². The number of aliphatic hydroxyl groups is 1. The summed E-state index contributed by atoms with van der Waals surface area (Å²) in [5, 5.41) is 21.3. The SMILES string of the molecule is O=C(CC[C@H](NC(=O)OCC1c2ccccc2-c2ccccc21)C(F)(F)F)NC(CO)C(=O)O. The molecule has 0 heterocycles. The number of carbonyl (C=O) groups is 3. The maximum atomic E-state index is 13.4. The summed E-state index contributed by atoms with van der Waals surface area (Å²) in [4.78, 5) is 34.8. The van der Waals surface area contributed by atoms with Gasteiger partial charge in [0.25, 0.3) is 0 Å². The molecule has 0 aliphatic heterocycles. The van der Waals surface area contributed by atoms with Crippen LogP contribution in [0.25, 0.3) is 11.1 Å². The Bertz CT molecular complexity index is 1010. The van der Waals surface area contributed by atoms with Crippen molar-refractivity contribution in [3.05, 3.63) is 59.7 Å². The van der Waals surface area contributed by atoms with Gasteiger partial charge in [-0.15, -0.1) is 0 Å². The Morgan fingerprint density at radius 3 is 2.03 bits per heavy atom. The first kappa shape index (κ1) is 25.0. The van der Waals surface area contributed by atoms with Gasteiger partial charge in [0.05, 0.1) is 6.61 Å². The summed E-state index contributed by atoms with van der Waals surface area (Å²) in [6.45, 7) is -1.09. The van der Waals surface area contributed by atoms with Gasteiger partial charge in [-0.05, 0) is 28.7 Å². The van der Waals surface area contributed by atoms with E-state index in [1.54, 1.807) is 5.32 Å². The summed E-state index contributed by atoms with van der Waals surface area (Å²) in [5.74, 6) is -2.87. The quantitative estimate of drug-likeness (QED) is 0.438. The van der Waals surface area contributed by atoms with Crippen LogP contribution >= 0.6 is 0 Å². The third-order valence-electron chi connectivity index (χ3n) is 5.51. The molecule has 8 nitrogen and oxygen atoms in total. The Morgan fingerprint density at radius 2 is 1.53 bits per heavy atom. The Labute approximate surface area is 192 Å². The van der Waals surface area contributed by atoms with E-state index in [-0.39, 0.29) is 12.5 Å². The first-order valence-electron chi connectivity index (χ1n) is 10.4. The largest absolute Gasteiger partial charge is 0.480 e. The second-order valence-corrected chi connectivity index (χ2v) is 7.74. The molecular formula is C23H23F3N2O6. The van der Waals surface area contributed by atoms with Crippen molar-refractivity contribution >= 4 is 18.0 Å². The Morgan fingerprint density at radius 1 is 0.971 bits per heavy atom. The van der Waals surface area contributed by atoms with Crippen LogP contribution in [0.4, 0.5) is 18.0 Å². The van der Waals surface area contributed by atoms with E-state index in [1.807, 2.05) is 53.8 Å². The smallest absolute Gasteiger partial charge is 0.408 e. The predicted molar refractivity (Wildman–Crippen MR) is 114 cm³/mol. The number of halogens is 3. The fourth-order valence-corrected chi connectivity index (χ4v) is 3.83. The van der Waals surface area contributed by atoms with Gasteiger partial charge in [0.2, 0.25) is 5.91 Å². The number of ether oxygens (including phenoxy) is 1. The molecule has 0 saturated carbocycles. The standard InChI is InChI=1S/C23H23F3N2O6/c24-23(25,26)19(9-10-20(30)27-18(11-29)21(31)32)28-22(33)34-12-17-15-7-3-1-5-13(15)14-6-2-4-8-16(14)17/h1-8,17-19,29H,9-12H2,(H,27,30)(H,28,33)(H,31,32)/t18?,19-/m0/s1. The van der Waals surface area contributed by atoms with Crippen LogP contribution in [-0.4, -0.2) is 59.7 Å². The molecule has 0 radical (unpaired) electrons. The number of hydrogen-bond acceptors (Lipinski definition) is 5. The number of carbonyl (C=O) groups excluding carboxylic acids is 2. The first-order valence-corrected chi connectivity index (χ1v) is 10.4. The van der Waals surface area contributed by atoms with Crippen LogP contribution in [0, 0.1) is 0 Å². The number of alkyl carbamates (subject to hydrolysis) is 1. The van der Waals surface area contributed by atoms with E-state index in [2.05, 4.69) is 0 Å². The zero-order chi connectivity index (χ0) is 24.9. The van der Waals surface area contributed by atoms with Crippen molar-refractivity contribution in [3.8, 4) is 11.1 Å². The summed E-state index contributed by atoms with van der Waals surface area (Å²) >= 11 is 0. The van der Waals surface area contributed by atoms with Gasteiger partial charge in [-0.2, -0.15) is 13.2 Å². The lowest BCUT2D eigenvalue weighted by Crippen LogP contribution is -2.47. The maximum Gasteiger partial charge on any atom is 0.408 e. The van der Waals surface area contributed by atoms with Crippen molar-refractivity contribution in [3.63, 3.8) is 0 Å².